The average molecular weight is 406 g/mol. The fourth-order valence-electron chi connectivity index (χ4n) is 1.97. The number of anilines is 1. The van der Waals surface area contributed by atoms with Gasteiger partial charge in [0.2, 0.25) is 15.9 Å². The topological polar surface area (TPSA) is 84.5 Å². The number of carbonyl (C=O) groups is 1. The molecule has 0 aliphatic rings. The van der Waals surface area contributed by atoms with Gasteiger partial charge in [-0.15, -0.1) is 0 Å². The van der Waals surface area contributed by atoms with Gasteiger partial charge in [-0.05, 0) is 42.5 Å². The SMILES string of the molecule is O=C(CCNS(=O)(=O)c1ccc(F)c(F)c1)Nc1ccc(OC(F)F)cc1. The number of alkyl halides is 2. The van der Waals surface area contributed by atoms with Gasteiger partial charge < -0.3 is 10.1 Å². The number of carbonyl (C=O) groups excluding carboxylic acids is 1. The minimum atomic E-state index is -4.11. The van der Waals surface area contributed by atoms with E-state index in [2.05, 4.69) is 14.8 Å². The van der Waals surface area contributed by atoms with E-state index in [1.165, 1.54) is 24.3 Å². The molecule has 2 aromatic carbocycles. The van der Waals surface area contributed by atoms with Crippen LogP contribution in [-0.2, 0) is 14.8 Å². The normalized spacial score (nSPS) is 11.4. The van der Waals surface area contributed by atoms with Crippen LogP contribution in [-0.4, -0.2) is 27.5 Å². The molecule has 0 bridgehead atoms. The van der Waals surface area contributed by atoms with Crippen LogP contribution in [0.1, 0.15) is 6.42 Å². The first-order valence-corrected chi connectivity index (χ1v) is 8.95. The van der Waals surface area contributed by atoms with E-state index in [0.29, 0.717) is 17.8 Å². The minimum Gasteiger partial charge on any atom is -0.435 e. The van der Waals surface area contributed by atoms with Crippen molar-refractivity contribution in [2.24, 2.45) is 0 Å². The quantitative estimate of drug-likeness (QED) is 0.661. The lowest BCUT2D eigenvalue weighted by molar-refractivity contribution is -0.116. The Morgan fingerprint density at radius 3 is 2.30 bits per heavy atom. The number of rotatable bonds is 8. The van der Waals surface area contributed by atoms with Gasteiger partial charge in [0.25, 0.3) is 0 Å². The summed E-state index contributed by atoms with van der Waals surface area (Å²) in [5.41, 5.74) is 0.296. The summed E-state index contributed by atoms with van der Waals surface area (Å²) in [6, 6.07) is 7.23. The summed E-state index contributed by atoms with van der Waals surface area (Å²) in [5, 5.41) is 2.44. The molecular weight excluding hydrogens is 392 g/mol. The van der Waals surface area contributed by atoms with Crippen molar-refractivity contribution < 1.29 is 35.5 Å². The van der Waals surface area contributed by atoms with Gasteiger partial charge in [-0.1, -0.05) is 0 Å². The highest BCUT2D eigenvalue weighted by Crippen LogP contribution is 2.18. The molecule has 146 valence electrons. The third-order valence-electron chi connectivity index (χ3n) is 3.21. The molecule has 2 N–H and O–H groups in total. The van der Waals surface area contributed by atoms with Crippen molar-refractivity contribution in [2.75, 3.05) is 11.9 Å². The summed E-state index contributed by atoms with van der Waals surface area (Å²) in [6.07, 6.45) is -0.252. The number of hydrogen-bond donors (Lipinski definition) is 2. The lowest BCUT2D eigenvalue weighted by Crippen LogP contribution is -2.28. The van der Waals surface area contributed by atoms with Crippen molar-refractivity contribution in [1.82, 2.24) is 4.72 Å². The third-order valence-corrected chi connectivity index (χ3v) is 4.67. The highest BCUT2D eigenvalue weighted by molar-refractivity contribution is 7.89. The fourth-order valence-corrected chi connectivity index (χ4v) is 3.01. The molecule has 0 aromatic heterocycles. The highest BCUT2D eigenvalue weighted by Gasteiger charge is 2.16. The van der Waals surface area contributed by atoms with Gasteiger partial charge >= 0.3 is 6.61 Å². The first-order chi connectivity index (χ1) is 12.7. The van der Waals surface area contributed by atoms with Crippen LogP contribution in [0.15, 0.2) is 47.4 Å². The Labute approximate surface area is 152 Å². The third kappa shape index (κ3) is 6.22. The Bertz CT molecular complexity index is 905. The van der Waals surface area contributed by atoms with E-state index < -0.39 is 39.1 Å². The molecule has 11 heteroatoms. The van der Waals surface area contributed by atoms with E-state index in [1.807, 2.05) is 0 Å². The fraction of sp³-hybridized carbons (Fsp3) is 0.188. The Hall–Kier alpha value is -2.66. The number of halogens is 4. The van der Waals surface area contributed by atoms with Crippen LogP contribution in [0.2, 0.25) is 0 Å². The molecule has 27 heavy (non-hydrogen) atoms. The maximum atomic E-state index is 13.1. The number of nitrogens with one attached hydrogen (secondary N) is 2. The van der Waals surface area contributed by atoms with Crippen LogP contribution in [0.5, 0.6) is 5.75 Å². The molecule has 1 amide bonds. The van der Waals surface area contributed by atoms with E-state index in [1.54, 1.807) is 0 Å². The largest absolute Gasteiger partial charge is 0.435 e. The molecule has 0 aliphatic carbocycles. The highest BCUT2D eigenvalue weighted by atomic mass is 32.2. The van der Waals surface area contributed by atoms with E-state index in [9.17, 15) is 30.8 Å². The molecule has 0 atom stereocenters. The van der Waals surface area contributed by atoms with Crippen molar-refractivity contribution in [3.8, 4) is 5.75 Å². The lowest BCUT2D eigenvalue weighted by Gasteiger charge is -2.09. The van der Waals surface area contributed by atoms with Gasteiger partial charge in [0.15, 0.2) is 11.6 Å². The summed E-state index contributed by atoms with van der Waals surface area (Å²) < 4.78 is 80.2. The van der Waals surface area contributed by atoms with Gasteiger partial charge in [-0.3, -0.25) is 4.79 Å². The molecule has 2 aromatic rings. The van der Waals surface area contributed by atoms with Gasteiger partial charge in [0.05, 0.1) is 4.90 Å². The Morgan fingerprint density at radius 2 is 1.70 bits per heavy atom. The van der Waals surface area contributed by atoms with Gasteiger partial charge in [-0.2, -0.15) is 8.78 Å². The lowest BCUT2D eigenvalue weighted by atomic mass is 10.3. The number of ether oxygens (including phenoxy) is 1. The van der Waals surface area contributed by atoms with Crippen molar-refractivity contribution in [3.05, 3.63) is 54.1 Å². The summed E-state index contributed by atoms with van der Waals surface area (Å²) >= 11 is 0. The molecule has 0 heterocycles. The second kappa shape index (κ2) is 8.82. The summed E-state index contributed by atoms with van der Waals surface area (Å²) in [7, 11) is -4.11. The molecule has 0 saturated carbocycles. The number of benzene rings is 2. The second-order valence-corrected chi connectivity index (χ2v) is 6.94. The second-order valence-electron chi connectivity index (χ2n) is 5.17. The number of hydrogen-bond acceptors (Lipinski definition) is 4. The molecule has 0 fully saturated rings. The van der Waals surface area contributed by atoms with E-state index >= 15 is 0 Å². The van der Waals surface area contributed by atoms with Crippen molar-refractivity contribution in [1.29, 1.82) is 0 Å². The summed E-state index contributed by atoms with van der Waals surface area (Å²) in [6.45, 7) is -3.26. The molecule has 0 saturated heterocycles. The van der Waals surface area contributed by atoms with E-state index in [0.717, 1.165) is 6.07 Å². The van der Waals surface area contributed by atoms with Crippen molar-refractivity contribution in [2.45, 2.75) is 17.9 Å². The Morgan fingerprint density at radius 1 is 1.04 bits per heavy atom. The average Bonchev–Trinajstić information content (AvgIpc) is 2.58. The molecule has 2 rings (SSSR count). The van der Waals surface area contributed by atoms with Crippen molar-refractivity contribution >= 4 is 21.6 Å². The van der Waals surface area contributed by atoms with E-state index in [-0.39, 0.29) is 18.7 Å². The molecule has 0 radical (unpaired) electrons. The van der Waals surface area contributed by atoms with E-state index in [4.69, 9.17) is 0 Å². The van der Waals surface area contributed by atoms with Crippen LogP contribution < -0.4 is 14.8 Å². The zero-order valence-corrected chi connectivity index (χ0v) is 14.4. The predicted octanol–water partition coefficient (Wildman–Crippen LogP) is 2.87. The zero-order valence-electron chi connectivity index (χ0n) is 13.6. The van der Waals surface area contributed by atoms with Gasteiger partial charge in [-0.25, -0.2) is 21.9 Å². The summed E-state index contributed by atoms with van der Waals surface area (Å²) in [4.78, 5) is 11.3. The van der Waals surface area contributed by atoms with Crippen LogP contribution in [0.3, 0.4) is 0 Å². The monoisotopic (exact) mass is 406 g/mol. The predicted molar refractivity (Wildman–Crippen MR) is 87.9 cm³/mol. The first-order valence-electron chi connectivity index (χ1n) is 7.47. The van der Waals surface area contributed by atoms with Crippen LogP contribution >= 0.6 is 0 Å². The van der Waals surface area contributed by atoms with Crippen molar-refractivity contribution in [3.63, 3.8) is 0 Å². The maximum Gasteiger partial charge on any atom is 0.387 e. The summed E-state index contributed by atoms with van der Waals surface area (Å²) in [5.74, 6) is -3.12. The minimum absolute atomic E-state index is 0.0812. The molecule has 6 nitrogen and oxygen atoms in total. The standard InChI is InChI=1S/C16H14F4N2O4S/c17-13-6-5-12(9-14(13)18)27(24,25)21-8-7-15(23)22-10-1-3-11(4-2-10)26-16(19)20/h1-6,9,16,21H,7-8H2,(H,22,23). The first kappa shape index (κ1) is 20.6. The number of sulfonamides is 1. The van der Waals surface area contributed by atoms with Gasteiger partial charge in [0, 0.05) is 18.7 Å². The zero-order chi connectivity index (χ0) is 20.0. The van der Waals surface area contributed by atoms with Crippen LogP contribution in [0, 0.1) is 11.6 Å². The Kier molecular flexibility index (Phi) is 6.75. The smallest absolute Gasteiger partial charge is 0.387 e. The van der Waals surface area contributed by atoms with Crippen LogP contribution in [0.25, 0.3) is 0 Å². The molecule has 0 spiro atoms. The molecular formula is C16H14F4N2O4S. The molecule has 0 unspecified atom stereocenters. The van der Waals surface area contributed by atoms with Gasteiger partial charge in [0.1, 0.15) is 5.75 Å². The molecule has 0 aliphatic heterocycles. The maximum absolute atomic E-state index is 13.1. The Balaban J connectivity index is 1.85. The van der Waals surface area contributed by atoms with Crippen LogP contribution in [0.4, 0.5) is 23.2 Å². The number of amides is 1.